The van der Waals surface area contributed by atoms with Crippen molar-refractivity contribution >= 4 is 11.8 Å². The second-order valence-electron chi connectivity index (χ2n) is 7.85. The molecule has 7 heteroatoms. The van der Waals surface area contributed by atoms with Crippen LogP contribution in [0.1, 0.15) is 28.4 Å². The molecular formula is C26H23N5OS. The van der Waals surface area contributed by atoms with E-state index in [0.717, 1.165) is 27.8 Å². The summed E-state index contributed by atoms with van der Waals surface area (Å²) in [4.78, 5) is 4.59. The normalized spacial score (nSPS) is 11.1. The van der Waals surface area contributed by atoms with Crippen molar-refractivity contribution in [2.24, 2.45) is 0 Å². The Morgan fingerprint density at radius 3 is 2.39 bits per heavy atom. The predicted octanol–water partition coefficient (Wildman–Crippen LogP) is 5.82. The number of nitrogens with zero attached hydrogens (tertiary/aromatic N) is 5. The summed E-state index contributed by atoms with van der Waals surface area (Å²) in [6, 6.07) is 26.7. The summed E-state index contributed by atoms with van der Waals surface area (Å²) in [5.74, 6) is 2.56. The maximum absolute atomic E-state index is 5.52. The molecule has 164 valence electrons. The minimum Gasteiger partial charge on any atom is -0.338 e. The maximum atomic E-state index is 5.52. The van der Waals surface area contributed by atoms with Crippen molar-refractivity contribution in [3.63, 3.8) is 0 Å². The molecule has 0 saturated carbocycles. The zero-order chi connectivity index (χ0) is 22.6. The Morgan fingerprint density at radius 1 is 0.848 bits per heavy atom. The van der Waals surface area contributed by atoms with E-state index in [1.807, 2.05) is 49.4 Å². The molecule has 3 aromatic carbocycles. The summed E-state index contributed by atoms with van der Waals surface area (Å²) >= 11 is 1.54. The molecule has 0 radical (unpaired) electrons. The Kier molecular flexibility index (Phi) is 6.04. The van der Waals surface area contributed by atoms with Crippen molar-refractivity contribution in [2.45, 2.75) is 31.2 Å². The minimum atomic E-state index is 0.508. The summed E-state index contributed by atoms with van der Waals surface area (Å²) in [6.07, 6.45) is 0.695. The molecule has 0 unspecified atom stereocenters. The second kappa shape index (κ2) is 9.42. The fourth-order valence-electron chi connectivity index (χ4n) is 3.61. The van der Waals surface area contributed by atoms with Crippen LogP contribution in [0.2, 0.25) is 0 Å². The van der Waals surface area contributed by atoms with Gasteiger partial charge in [0.25, 0.3) is 0 Å². The van der Waals surface area contributed by atoms with E-state index in [0.29, 0.717) is 23.9 Å². The van der Waals surface area contributed by atoms with Crippen LogP contribution in [0, 0.1) is 13.8 Å². The SMILES string of the molecule is Cc1ccc(-n2c(Cc3ccccc3)nnc2SCc2nc(-c3ccccc3C)no2)cc1. The minimum absolute atomic E-state index is 0.508. The molecule has 2 aromatic heterocycles. The molecule has 0 aliphatic heterocycles. The Morgan fingerprint density at radius 2 is 1.61 bits per heavy atom. The average molecular weight is 454 g/mol. The van der Waals surface area contributed by atoms with Gasteiger partial charge in [-0.1, -0.05) is 89.2 Å². The molecule has 6 nitrogen and oxygen atoms in total. The molecule has 33 heavy (non-hydrogen) atoms. The van der Waals surface area contributed by atoms with E-state index < -0.39 is 0 Å². The number of hydrogen-bond acceptors (Lipinski definition) is 6. The highest BCUT2D eigenvalue weighted by Crippen LogP contribution is 2.27. The van der Waals surface area contributed by atoms with Crippen LogP contribution in [-0.2, 0) is 12.2 Å². The predicted molar refractivity (Wildman–Crippen MR) is 129 cm³/mol. The van der Waals surface area contributed by atoms with Crippen molar-refractivity contribution in [3.8, 4) is 17.1 Å². The van der Waals surface area contributed by atoms with Gasteiger partial charge in [0.15, 0.2) is 5.16 Å². The molecule has 2 heterocycles. The highest BCUT2D eigenvalue weighted by molar-refractivity contribution is 7.98. The van der Waals surface area contributed by atoms with Crippen LogP contribution < -0.4 is 0 Å². The number of hydrogen-bond donors (Lipinski definition) is 0. The Labute approximate surface area is 196 Å². The van der Waals surface area contributed by atoms with Crippen molar-refractivity contribution in [2.75, 3.05) is 0 Å². The first kappa shape index (κ1) is 21.2. The Bertz CT molecular complexity index is 1360. The van der Waals surface area contributed by atoms with Gasteiger partial charge in [0.2, 0.25) is 11.7 Å². The lowest BCUT2D eigenvalue weighted by molar-refractivity contribution is 0.391. The van der Waals surface area contributed by atoms with E-state index >= 15 is 0 Å². The monoisotopic (exact) mass is 453 g/mol. The van der Waals surface area contributed by atoms with E-state index in [1.54, 1.807) is 0 Å². The van der Waals surface area contributed by atoms with Crippen LogP contribution in [0.5, 0.6) is 0 Å². The molecule has 0 spiro atoms. The van der Waals surface area contributed by atoms with Gasteiger partial charge in [-0.2, -0.15) is 4.98 Å². The number of rotatable bonds is 7. The molecule has 0 aliphatic rings. The molecule has 5 aromatic rings. The largest absolute Gasteiger partial charge is 0.338 e. The number of aromatic nitrogens is 5. The molecule has 0 fully saturated rings. The van der Waals surface area contributed by atoms with Crippen molar-refractivity contribution in [1.82, 2.24) is 24.9 Å². The van der Waals surface area contributed by atoms with Crippen LogP contribution in [0.3, 0.4) is 0 Å². The van der Waals surface area contributed by atoms with Gasteiger partial charge in [0.05, 0.1) is 5.75 Å². The average Bonchev–Trinajstić information content (AvgIpc) is 3.46. The smallest absolute Gasteiger partial charge is 0.237 e. The Balaban J connectivity index is 1.41. The van der Waals surface area contributed by atoms with E-state index in [9.17, 15) is 0 Å². The lowest BCUT2D eigenvalue weighted by Gasteiger charge is -2.10. The number of benzene rings is 3. The van der Waals surface area contributed by atoms with Gasteiger partial charge in [-0.3, -0.25) is 4.57 Å². The van der Waals surface area contributed by atoms with E-state index in [1.165, 1.54) is 22.9 Å². The van der Waals surface area contributed by atoms with E-state index in [4.69, 9.17) is 4.52 Å². The lowest BCUT2D eigenvalue weighted by atomic mass is 10.1. The van der Waals surface area contributed by atoms with Crippen molar-refractivity contribution in [1.29, 1.82) is 0 Å². The standard InChI is InChI=1S/C26H23N5OS/c1-18-12-14-21(15-13-18)31-23(16-20-9-4-3-5-10-20)28-29-26(31)33-17-24-27-25(30-32-24)22-11-7-6-8-19(22)2/h3-15H,16-17H2,1-2H3. The molecule has 0 amide bonds. The maximum Gasteiger partial charge on any atom is 0.237 e. The summed E-state index contributed by atoms with van der Waals surface area (Å²) in [6.45, 7) is 4.12. The van der Waals surface area contributed by atoms with E-state index in [-0.39, 0.29) is 0 Å². The van der Waals surface area contributed by atoms with Crippen LogP contribution in [-0.4, -0.2) is 24.9 Å². The zero-order valence-corrected chi connectivity index (χ0v) is 19.3. The summed E-state index contributed by atoms with van der Waals surface area (Å²) in [7, 11) is 0. The molecule has 5 rings (SSSR count). The molecule has 0 saturated heterocycles. The first-order chi connectivity index (χ1) is 16.2. The van der Waals surface area contributed by atoms with Gasteiger partial charge in [-0.05, 0) is 37.1 Å². The van der Waals surface area contributed by atoms with E-state index in [2.05, 4.69) is 68.2 Å². The molecular weight excluding hydrogens is 430 g/mol. The Hall–Kier alpha value is -3.71. The summed E-state index contributed by atoms with van der Waals surface area (Å²) in [5, 5.41) is 14.0. The van der Waals surface area contributed by atoms with Crippen LogP contribution in [0.25, 0.3) is 17.1 Å². The van der Waals surface area contributed by atoms with Gasteiger partial charge in [-0.25, -0.2) is 0 Å². The quantitative estimate of drug-likeness (QED) is 0.289. The molecule has 0 aliphatic carbocycles. The third kappa shape index (κ3) is 4.73. The summed E-state index contributed by atoms with van der Waals surface area (Å²) < 4.78 is 7.63. The molecule has 0 bridgehead atoms. The third-order valence-corrected chi connectivity index (χ3v) is 6.29. The van der Waals surface area contributed by atoms with Gasteiger partial charge < -0.3 is 4.52 Å². The molecule has 0 atom stereocenters. The topological polar surface area (TPSA) is 69.6 Å². The fourth-order valence-corrected chi connectivity index (χ4v) is 4.42. The van der Waals surface area contributed by atoms with Crippen LogP contribution >= 0.6 is 11.8 Å². The number of thioether (sulfide) groups is 1. The second-order valence-corrected chi connectivity index (χ2v) is 8.79. The van der Waals surface area contributed by atoms with Gasteiger partial charge in [0, 0.05) is 17.7 Å². The molecule has 0 N–H and O–H groups in total. The van der Waals surface area contributed by atoms with Gasteiger partial charge in [0.1, 0.15) is 5.82 Å². The first-order valence-electron chi connectivity index (χ1n) is 10.7. The third-order valence-electron chi connectivity index (χ3n) is 5.38. The summed E-state index contributed by atoms with van der Waals surface area (Å²) in [5.41, 5.74) is 5.52. The van der Waals surface area contributed by atoms with Crippen molar-refractivity contribution < 1.29 is 4.52 Å². The van der Waals surface area contributed by atoms with Gasteiger partial charge >= 0.3 is 0 Å². The highest BCUT2D eigenvalue weighted by atomic mass is 32.2. The number of aryl methyl sites for hydroxylation is 2. The fraction of sp³-hybridized carbons (Fsp3) is 0.154. The first-order valence-corrected chi connectivity index (χ1v) is 11.7. The van der Waals surface area contributed by atoms with Gasteiger partial charge in [-0.15, -0.1) is 10.2 Å². The highest BCUT2D eigenvalue weighted by Gasteiger charge is 2.17. The van der Waals surface area contributed by atoms with Crippen LogP contribution in [0.4, 0.5) is 0 Å². The van der Waals surface area contributed by atoms with Crippen molar-refractivity contribution in [3.05, 3.63) is 107 Å². The zero-order valence-electron chi connectivity index (χ0n) is 18.5. The lowest BCUT2D eigenvalue weighted by Crippen LogP contribution is -2.04. The van der Waals surface area contributed by atoms with Crippen LogP contribution in [0.15, 0.2) is 88.5 Å².